The maximum absolute atomic E-state index is 11.5. The van der Waals surface area contributed by atoms with Gasteiger partial charge in [-0.3, -0.25) is 0 Å². The lowest BCUT2D eigenvalue weighted by atomic mass is 9.70. The molecule has 0 unspecified atom stereocenters. The first-order valence-electron chi connectivity index (χ1n) is 12.1. The zero-order chi connectivity index (χ0) is 26.1. The fraction of sp³-hybridized carbons (Fsp3) is 0.875. The molecule has 202 valence electrons. The second-order valence-corrected chi connectivity index (χ2v) is 10.6. The van der Waals surface area contributed by atoms with E-state index in [0.29, 0.717) is 25.7 Å². The van der Waals surface area contributed by atoms with Crippen molar-refractivity contribution in [2.75, 3.05) is 13.2 Å². The minimum atomic E-state index is -1.56. The number of aliphatic hydroxyl groups excluding tert-OH is 6. The van der Waals surface area contributed by atoms with E-state index in [1.165, 1.54) is 5.57 Å². The van der Waals surface area contributed by atoms with Gasteiger partial charge < -0.3 is 54.4 Å². The Morgan fingerprint density at radius 3 is 2.29 bits per heavy atom. The van der Waals surface area contributed by atoms with Gasteiger partial charge in [0.15, 0.2) is 12.6 Å². The first-order valence-corrected chi connectivity index (χ1v) is 12.1. The molecule has 11 nitrogen and oxygen atoms in total. The summed E-state index contributed by atoms with van der Waals surface area (Å²) in [6, 6.07) is 0. The summed E-state index contributed by atoms with van der Waals surface area (Å²) in [6.07, 6.45) is -10.4. The summed E-state index contributed by atoms with van der Waals surface area (Å²) < 4.78 is 22.4. The molecule has 2 aliphatic heterocycles. The number of aliphatic hydroxyl groups is 6. The molecule has 0 amide bonds. The molecule has 11 heteroatoms. The molecule has 35 heavy (non-hydrogen) atoms. The fourth-order valence-corrected chi connectivity index (χ4v) is 5.23. The predicted octanol–water partition coefficient (Wildman–Crippen LogP) is -0.859. The molecule has 1 aliphatic carbocycles. The number of Topliss-reactive ketones (excluding diaryl/α,β-unsaturated/α-hetero) is 1. The maximum Gasteiger partial charge on any atom is 0.186 e. The van der Waals surface area contributed by atoms with Crippen molar-refractivity contribution in [3.63, 3.8) is 0 Å². The van der Waals surface area contributed by atoms with Crippen LogP contribution in [0.25, 0.3) is 0 Å². The number of ketones is 1. The van der Waals surface area contributed by atoms with Gasteiger partial charge in [0.2, 0.25) is 0 Å². The van der Waals surface area contributed by atoms with Crippen molar-refractivity contribution in [1.82, 2.24) is 0 Å². The molecule has 0 radical (unpaired) electrons. The first-order chi connectivity index (χ1) is 16.3. The van der Waals surface area contributed by atoms with E-state index in [9.17, 15) is 35.4 Å². The van der Waals surface area contributed by atoms with Crippen molar-refractivity contribution < 1.29 is 54.4 Å². The van der Waals surface area contributed by atoms with Gasteiger partial charge in [0.05, 0.1) is 19.3 Å². The molecule has 6 N–H and O–H groups in total. The van der Waals surface area contributed by atoms with Crippen LogP contribution in [0.2, 0.25) is 0 Å². The van der Waals surface area contributed by atoms with E-state index in [1.54, 1.807) is 6.92 Å². The summed E-state index contributed by atoms with van der Waals surface area (Å²) in [7, 11) is 0. The summed E-state index contributed by atoms with van der Waals surface area (Å²) >= 11 is 0. The van der Waals surface area contributed by atoms with Gasteiger partial charge in [-0.2, -0.15) is 0 Å². The molecular formula is C24H40O11. The van der Waals surface area contributed by atoms with Gasteiger partial charge in [0.1, 0.15) is 48.5 Å². The van der Waals surface area contributed by atoms with E-state index < -0.39 is 55.3 Å². The standard InChI is InChI=1S/C24H40O11/c1-11-7-13(8-24(3,4)14(11)6-5-12(2)25)34-23-21(31)19(29)18(28)16(35-23)10-33-22-20(30)17(27)15(26)9-32-22/h13,15-23,26-31H,5-10H2,1-4H3/t13-,15-,16-,17+,18-,19+,20-,21-,22+,23-/m1/s1. The minimum Gasteiger partial charge on any atom is -0.388 e. The summed E-state index contributed by atoms with van der Waals surface area (Å²) in [5, 5.41) is 60.7. The van der Waals surface area contributed by atoms with Gasteiger partial charge in [0, 0.05) is 6.42 Å². The second-order valence-electron chi connectivity index (χ2n) is 10.6. The van der Waals surface area contributed by atoms with Gasteiger partial charge in [-0.05, 0) is 38.5 Å². The van der Waals surface area contributed by atoms with E-state index in [2.05, 4.69) is 13.8 Å². The summed E-state index contributed by atoms with van der Waals surface area (Å²) in [4.78, 5) is 11.5. The van der Waals surface area contributed by atoms with Gasteiger partial charge >= 0.3 is 0 Å². The van der Waals surface area contributed by atoms with E-state index in [0.717, 1.165) is 5.57 Å². The predicted molar refractivity (Wildman–Crippen MR) is 121 cm³/mol. The fourth-order valence-electron chi connectivity index (χ4n) is 5.23. The lowest BCUT2D eigenvalue weighted by molar-refractivity contribution is -0.328. The topological polar surface area (TPSA) is 175 Å². The van der Waals surface area contributed by atoms with Crippen LogP contribution in [0, 0.1) is 5.41 Å². The van der Waals surface area contributed by atoms with Gasteiger partial charge in [-0.25, -0.2) is 0 Å². The summed E-state index contributed by atoms with van der Waals surface area (Å²) in [6.45, 7) is 7.15. The van der Waals surface area contributed by atoms with E-state index >= 15 is 0 Å². The Labute approximate surface area is 205 Å². The lowest BCUT2D eigenvalue weighted by Gasteiger charge is -2.44. The maximum atomic E-state index is 11.5. The smallest absolute Gasteiger partial charge is 0.186 e. The van der Waals surface area contributed by atoms with Gasteiger partial charge in [0.25, 0.3) is 0 Å². The van der Waals surface area contributed by atoms with Crippen molar-refractivity contribution in [2.45, 2.75) is 115 Å². The Morgan fingerprint density at radius 2 is 1.66 bits per heavy atom. The van der Waals surface area contributed by atoms with Crippen LogP contribution < -0.4 is 0 Å². The third kappa shape index (κ3) is 6.67. The van der Waals surface area contributed by atoms with Crippen LogP contribution in [0.3, 0.4) is 0 Å². The van der Waals surface area contributed by atoms with Gasteiger partial charge in [-0.1, -0.05) is 25.0 Å². The molecular weight excluding hydrogens is 464 g/mol. The number of rotatable bonds is 8. The molecule has 0 bridgehead atoms. The average Bonchev–Trinajstić information content (AvgIpc) is 2.77. The number of hydrogen-bond donors (Lipinski definition) is 6. The number of allylic oxidation sites excluding steroid dienone is 1. The third-order valence-electron chi connectivity index (χ3n) is 7.21. The van der Waals surface area contributed by atoms with Crippen LogP contribution >= 0.6 is 0 Å². The molecule has 0 aromatic rings. The monoisotopic (exact) mass is 504 g/mol. The number of carbonyl (C=O) groups excluding carboxylic acids is 1. The molecule has 0 aromatic carbocycles. The first kappa shape index (κ1) is 28.6. The lowest BCUT2D eigenvalue weighted by Crippen LogP contribution is -2.61. The highest BCUT2D eigenvalue weighted by Crippen LogP contribution is 2.44. The van der Waals surface area contributed by atoms with Crippen LogP contribution in [-0.4, -0.2) is 111 Å². The highest BCUT2D eigenvalue weighted by Gasteiger charge is 2.47. The molecule has 2 heterocycles. The van der Waals surface area contributed by atoms with Crippen molar-refractivity contribution in [1.29, 1.82) is 0 Å². The van der Waals surface area contributed by atoms with Crippen LogP contribution in [0.5, 0.6) is 0 Å². The number of hydrogen-bond acceptors (Lipinski definition) is 11. The molecule has 10 atom stereocenters. The minimum absolute atomic E-state index is 0.135. The Morgan fingerprint density at radius 1 is 1.00 bits per heavy atom. The molecule has 2 saturated heterocycles. The Balaban J connectivity index is 1.63. The average molecular weight is 505 g/mol. The molecule has 2 fully saturated rings. The van der Waals surface area contributed by atoms with Crippen molar-refractivity contribution in [2.24, 2.45) is 5.41 Å². The van der Waals surface area contributed by atoms with Crippen LogP contribution in [0.4, 0.5) is 0 Å². The molecule has 3 rings (SSSR count). The molecule has 0 aromatic heterocycles. The highest BCUT2D eigenvalue weighted by molar-refractivity contribution is 5.75. The van der Waals surface area contributed by atoms with E-state index in [1.807, 2.05) is 6.92 Å². The van der Waals surface area contributed by atoms with Crippen LogP contribution in [0.15, 0.2) is 11.1 Å². The largest absolute Gasteiger partial charge is 0.388 e. The number of carbonyl (C=O) groups is 1. The molecule has 0 saturated carbocycles. The Kier molecular flexibility index (Phi) is 9.47. The summed E-state index contributed by atoms with van der Waals surface area (Å²) in [5.74, 6) is 0.135. The molecule has 0 spiro atoms. The zero-order valence-electron chi connectivity index (χ0n) is 20.7. The van der Waals surface area contributed by atoms with Crippen molar-refractivity contribution in [3.8, 4) is 0 Å². The van der Waals surface area contributed by atoms with Crippen molar-refractivity contribution in [3.05, 3.63) is 11.1 Å². The van der Waals surface area contributed by atoms with Crippen molar-refractivity contribution >= 4 is 5.78 Å². The van der Waals surface area contributed by atoms with Crippen LogP contribution in [0.1, 0.15) is 53.4 Å². The molecule has 3 aliphatic rings. The highest BCUT2D eigenvalue weighted by atomic mass is 16.7. The normalized spacial score (nSPS) is 42.2. The van der Waals surface area contributed by atoms with E-state index in [-0.39, 0.29) is 30.5 Å². The third-order valence-corrected chi connectivity index (χ3v) is 7.21. The van der Waals surface area contributed by atoms with E-state index in [4.69, 9.17) is 18.9 Å². The Bertz CT molecular complexity index is 769. The zero-order valence-corrected chi connectivity index (χ0v) is 20.7. The van der Waals surface area contributed by atoms with Gasteiger partial charge in [-0.15, -0.1) is 0 Å². The van der Waals surface area contributed by atoms with Crippen LogP contribution in [-0.2, 0) is 23.7 Å². The quantitative estimate of drug-likeness (QED) is 0.227. The summed E-state index contributed by atoms with van der Waals surface area (Å²) in [5.41, 5.74) is 2.10. The Hall–Kier alpha value is -0.990. The number of ether oxygens (including phenoxy) is 4. The SMILES string of the molecule is CC(=O)CCC1=C(C)C[C@@H](O[C@@H]2O[C@H](CO[C@@H]3OC[C@@H](O)[C@H](O)[C@H]3O)[C@@H](O)[C@H](O)[C@H]2O)CC1(C)C. The second kappa shape index (κ2) is 11.6.